The van der Waals surface area contributed by atoms with Gasteiger partial charge < -0.3 is 4.40 Å². The van der Waals surface area contributed by atoms with E-state index < -0.39 is 0 Å². The predicted octanol–water partition coefficient (Wildman–Crippen LogP) is 9.57. The largest absolute Gasteiger partial charge is 0.307 e. The first-order valence-corrected chi connectivity index (χ1v) is 16.1. The van der Waals surface area contributed by atoms with Gasteiger partial charge in [0.1, 0.15) is 7.05 Å². The molecule has 3 heterocycles. The number of hydrogen-bond donors (Lipinski definition) is 0. The van der Waals surface area contributed by atoms with Crippen LogP contribution in [0.5, 0.6) is 0 Å². The number of hydrogen-bond acceptors (Lipinski definition) is 0. The van der Waals surface area contributed by atoms with Gasteiger partial charge in [-0.1, -0.05) is 48.5 Å². The van der Waals surface area contributed by atoms with E-state index >= 15 is 0 Å². The fraction of sp³-hybridized carbons (Fsp3) is 0.325. The Labute approximate surface area is 246 Å². The highest BCUT2D eigenvalue weighted by Gasteiger charge is 2.51. The van der Waals surface area contributed by atoms with E-state index in [2.05, 4.69) is 109 Å². The minimum Gasteiger partial charge on any atom is -0.307 e. The molecule has 4 aliphatic carbocycles. The summed E-state index contributed by atoms with van der Waals surface area (Å²) in [5, 5.41) is 6.97. The highest BCUT2D eigenvalue weighted by atomic mass is 15.0. The van der Waals surface area contributed by atoms with Crippen LogP contribution in [0.4, 0.5) is 0 Å². The van der Waals surface area contributed by atoms with Crippen LogP contribution in [-0.2, 0) is 12.5 Å². The van der Waals surface area contributed by atoms with E-state index in [1.807, 2.05) is 0 Å². The Kier molecular flexibility index (Phi) is 4.46. The average molecular weight is 546 g/mol. The molecule has 206 valence electrons. The van der Waals surface area contributed by atoms with Crippen molar-refractivity contribution >= 4 is 49.0 Å². The molecule has 42 heavy (non-hydrogen) atoms. The van der Waals surface area contributed by atoms with Gasteiger partial charge >= 0.3 is 0 Å². The number of para-hydroxylation sites is 1. The first kappa shape index (κ1) is 23.6. The number of pyridine rings is 2. The van der Waals surface area contributed by atoms with Gasteiger partial charge in [-0.2, -0.15) is 0 Å². The van der Waals surface area contributed by atoms with Crippen LogP contribution in [0.3, 0.4) is 0 Å². The first-order chi connectivity index (χ1) is 20.5. The summed E-state index contributed by atoms with van der Waals surface area (Å²) in [5.41, 5.74) is 12.8. The smallest absolute Gasteiger partial charge is 0.224 e. The van der Waals surface area contributed by atoms with Gasteiger partial charge in [-0.05, 0) is 121 Å². The van der Waals surface area contributed by atoms with Gasteiger partial charge in [0.05, 0.1) is 27.3 Å². The summed E-state index contributed by atoms with van der Waals surface area (Å²) in [5.74, 6) is 2.80. The van der Waals surface area contributed by atoms with Crippen LogP contribution in [0.25, 0.3) is 60.1 Å². The molecule has 0 atom stereocenters. The molecule has 2 nitrogen and oxygen atoms in total. The molecule has 3 aromatic heterocycles. The SMILES string of the molecule is Cc1cc2c3cccc(-c4ccccc4)c3n3c4cc(C56CC7CC(CC(C7)C5)C6)cc5cc[n+](C)c(c(c1C)c23)c54. The van der Waals surface area contributed by atoms with Gasteiger partial charge in [0.25, 0.3) is 0 Å². The van der Waals surface area contributed by atoms with Crippen molar-refractivity contribution in [2.45, 2.75) is 57.8 Å². The van der Waals surface area contributed by atoms with E-state index in [4.69, 9.17) is 0 Å². The number of nitrogens with zero attached hydrogens (tertiary/aromatic N) is 2. The molecule has 0 spiro atoms. The highest BCUT2D eigenvalue weighted by molar-refractivity contribution is 6.27. The lowest BCUT2D eigenvalue weighted by molar-refractivity contribution is -0.643. The van der Waals surface area contributed by atoms with E-state index in [0.717, 1.165) is 17.8 Å². The summed E-state index contributed by atoms with van der Waals surface area (Å²) in [4.78, 5) is 0. The third-order valence-corrected chi connectivity index (χ3v) is 12.0. The van der Waals surface area contributed by atoms with Crippen LogP contribution in [0.1, 0.15) is 55.2 Å². The molecular formula is C40H37N2+. The molecule has 4 bridgehead atoms. The van der Waals surface area contributed by atoms with E-state index in [0.29, 0.717) is 5.41 Å². The van der Waals surface area contributed by atoms with E-state index in [9.17, 15) is 0 Å². The Morgan fingerprint density at radius 2 is 1.48 bits per heavy atom. The summed E-state index contributed by atoms with van der Waals surface area (Å²) in [6.07, 6.45) is 10.9. The molecule has 0 radical (unpaired) electrons. The lowest BCUT2D eigenvalue weighted by Crippen LogP contribution is -2.48. The zero-order chi connectivity index (χ0) is 27.9. The number of fused-ring (bicyclic) bond motifs is 5. The van der Waals surface area contributed by atoms with Crippen molar-refractivity contribution in [2.24, 2.45) is 24.8 Å². The molecule has 11 rings (SSSR count). The zero-order valence-electron chi connectivity index (χ0n) is 24.9. The molecule has 2 heteroatoms. The number of rotatable bonds is 2. The molecule has 0 unspecified atom stereocenters. The topological polar surface area (TPSA) is 8.29 Å². The number of aromatic nitrogens is 2. The van der Waals surface area contributed by atoms with Crippen molar-refractivity contribution in [1.29, 1.82) is 0 Å². The van der Waals surface area contributed by atoms with Crippen molar-refractivity contribution in [3.63, 3.8) is 0 Å². The Balaban J connectivity index is 1.44. The van der Waals surface area contributed by atoms with Crippen molar-refractivity contribution < 1.29 is 4.57 Å². The minimum atomic E-state index is 0.353. The summed E-state index contributed by atoms with van der Waals surface area (Å²) < 4.78 is 5.07. The average Bonchev–Trinajstić information content (AvgIpc) is 3.32. The van der Waals surface area contributed by atoms with E-state index in [-0.39, 0.29) is 0 Å². The molecule has 0 aliphatic heterocycles. The van der Waals surface area contributed by atoms with Crippen LogP contribution in [0, 0.1) is 31.6 Å². The fourth-order valence-corrected chi connectivity index (χ4v) is 10.6. The third kappa shape index (κ3) is 2.89. The van der Waals surface area contributed by atoms with E-state index in [1.165, 1.54) is 110 Å². The number of benzene rings is 4. The summed E-state index contributed by atoms with van der Waals surface area (Å²) in [6.45, 7) is 4.62. The standard InChI is InChI=1S/C40H37N2/c1-23-14-33-32-11-7-10-31(28-8-5-4-6-9-28)37(32)42-34-19-30(40-20-25-15-26(21-40)17-27(16-25)22-40)18-29-12-13-41(3)39(36(29)34)35(24(23)2)38(33)42/h4-14,18-19,25-27H,15-17,20-22H2,1-3H3/q+1. The molecule has 4 saturated carbocycles. The molecule has 0 N–H and O–H groups in total. The maximum absolute atomic E-state index is 2.69. The Hall–Kier alpha value is -3.91. The van der Waals surface area contributed by atoms with Crippen LogP contribution in [-0.4, -0.2) is 4.40 Å². The molecule has 4 aromatic carbocycles. The Morgan fingerprint density at radius 1 is 0.738 bits per heavy atom. The van der Waals surface area contributed by atoms with Gasteiger partial charge in [0.2, 0.25) is 5.52 Å². The molecule has 0 amide bonds. The van der Waals surface area contributed by atoms with E-state index in [1.54, 1.807) is 5.56 Å². The van der Waals surface area contributed by atoms with Crippen LogP contribution < -0.4 is 4.57 Å². The number of aryl methyl sites for hydroxylation is 3. The van der Waals surface area contributed by atoms with Gasteiger partial charge in [0.15, 0.2) is 6.20 Å². The fourth-order valence-electron chi connectivity index (χ4n) is 10.6. The molecule has 0 saturated heterocycles. The quantitative estimate of drug-likeness (QED) is 0.116. The molecular weight excluding hydrogens is 508 g/mol. The normalized spacial score (nSPS) is 25.3. The first-order valence-electron chi connectivity index (χ1n) is 16.1. The van der Waals surface area contributed by atoms with Gasteiger partial charge in [-0.3, -0.25) is 0 Å². The summed E-state index contributed by atoms with van der Waals surface area (Å²) >= 11 is 0. The second-order valence-electron chi connectivity index (χ2n) is 14.4. The maximum Gasteiger partial charge on any atom is 0.224 e. The monoisotopic (exact) mass is 545 g/mol. The molecule has 4 fully saturated rings. The lowest BCUT2D eigenvalue weighted by Gasteiger charge is -2.57. The Morgan fingerprint density at radius 3 is 2.21 bits per heavy atom. The Bertz CT molecular complexity index is 2210. The van der Waals surface area contributed by atoms with Gasteiger partial charge in [-0.25, -0.2) is 4.57 Å². The second kappa shape index (κ2) is 7.92. The van der Waals surface area contributed by atoms with Gasteiger partial charge in [0, 0.05) is 22.4 Å². The van der Waals surface area contributed by atoms with Crippen molar-refractivity contribution in [2.75, 3.05) is 0 Å². The third-order valence-electron chi connectivity index (χ3n) is 12.0. The summed E-state index contributed by atoms with van der Waals surface area (Å²) in [7, 11) is 2.24. The highest BCUT2D eigenvalue weighted by Crippen LogP contribution is 2.61. The van der Waals surface area contributed by atoms with Crippen LogP contribution >= 0.6 is 0 Å². The second-order valence-corrected chi connectivity index (χ2v) is 14.4. The molecule has 4 aliphatic rings. The predicted molar refractivity (Wildman–Crippen MR) is 175 cm³/mol. The zero-order valence-corrected chi connectivity index (χ0v) is 24.9. The van der Waals surface area contributed by atoms with Crippen LogP contribution in [0.2, 0.25) is 0 Å². The summed E-state index contributed by atoms with van der Waals surface area (Å²) in [6, 6.07) is 28.1. The maximum atomic E-state index is 2.69. The lowest BCUT2D eigenvalue weighted by atomic mass is 9.48. The van der Waals surface area contributed by atoms with Gasteiger partial charge in [-0.15, -0.1) is 0 Å². The molecule has 7 aromatic rings. The van der Waals surface area contributed by atoms with Crippen molar-refractivity contribution in [3.8, 4) is 11.1 Å². The minimum absolute atomic E-state index is 0.353. The van der Waals surface area contributed by atoms with Crippen molar-refractivity contribution in [3.05, 3.63) is 95.7 Å². The van der Waals surface area contributed by atoms with Crippen LogP contribution in [0.15, 0.2) is 79.0 Å². The van der Waals surface area contributed by atoms with Crippen molar-refractivity contribution in [1.82, 2.24) is 4.40 Å².